The Kier molecular flexibility index (Phi) is 3.61. The van der Waals surface area contributed by atoms with E-state index in [-0.39, 0.29) is 6.29 Å². The second-order valence-corrected chi connectivity index (χ2v) is 3.50. The number of alkyl halides is 5. The van der Waals surface area contributed by atoms with E-state index >= 15 is 0 Å². The standard InChI is InChI=1S/C8H3BrF5NO/c9-6-4(2-16)15-1-3(7(10)11)5(6)8(12,13)14/h1-2,7H. The number of aromatic nitrogens is 1. The van der Waals surface area contributed by atoms with Crippen LogP contribution in [0.2, 0.25) is 0 Å². The molecule has 1 aromatic rings. The van der Waals surface area contributed by atoms with E-state index in [9.17, 15) is 26.7 Å². The molecule has 88 valence electrons. The minimum atomic E-state index is -4.98. The van der Waals surface area contributed by atoms with Gasteiger partial charge in [-0.2, -0.15) is 13.2 Å². The molecule has 1 rings (SSSR count). The number of hydrogen-bond acceptors (Lipinski definition) is 2. The molecule has 8 heteroatoms. The average Bonchev–Trinajstić information content (AvgIpc) is 2.14. The van der Waals surface area contributed by atoms with Crippen molar-refractivity contribution in [1.82, 2.24) is 4.98 Å². The molecule has 2 nitrogen and oxygen atoms in total. The molecule has 0 aliphatic carbocycles. The Hall–Kier alpha value is -1.05. The Labute approximate surface area is 94.6 Å². The van der Waals surface area contributed by atoms with E-state index in [0.29, 0.717) is 6.20 Å². The SMILES string of the molecule is O=Cc1ncc(C(F)F)c(C(F)(F)F)c1Br. The van der Waals surface area contributed by atoms with Crippen LogP contribution in [0, 0.1) is 0 Å². The molecule has 0 fully saturated rings. The smallest absolute Gasteiger partial charge is 0.296 e. The van der Waals surface area contributed by atoms with Crippen LogP contribution in [0.4, 0.5) is 22.0 Å². The van der Waals surface area contributed by atoms with Crippen molar-refractivity contribution >= 4 is 22.2 Å². The summed E-state index contributed by atoms with van der Waals surface area (Å²) in [7, 11) is 0. The van der Waals surface area contributed by atoms with E-state index < -0.39 is 33.9 Å². The summed E-state index contributed by atoms with van der Waals surface area (Å²) < 4.78 is 61.3. The molecule has 1 heterocycles. The van der Waals surface area contributed by atoms with Crippen LogP contribution in [0.1, 0.15) is 28.0 Å². The summed E-state index contributed by atoms with van der Waals surface area (Å²) in [4.78, 5) is 13.5. The van der Waals surface area contributed by atoms with Crippen LogP contribution >= 0.6 is 15.9 Å². The highest BCUT2D eigenvalue weighted by molar-refractivity contribution is 9.10. The van der Waals surface area contributed by atoms with Crippen molar-refractivity contribution in [3.63, 3.8) is 0 Å². The Bertz CT molecular complexity index is 418. The molecule has 0 aliphatic rings. The zero-order valence-corrected chi connectivity index (χ0v) is 8.94. The van der Waals surface area contributed by atoms with Crippen molar-refractivity contribution in [2.45, 2.75) is 12.6 Å². The van der Waals surface area contributed by atoms with Gasteiger partial charge in [0, 0.05) is 11.8 Å². The zero-order valence-electron chi connectivity index (χ0n) is 7.36. The van der Waals surface area contributed by atoms with Crippen molar-refractivity contribution in [3.8, 4) is 0 Å². The van der Waals surface area contributed by atoms with Crippen LogP contribution in [0.15, 0.2) is 10.7 Å². The monoisotopic (exact) mass is 303 g/mol. The third kappa shape index (κ3) is 2.37. The van der Waals surface area contributed by atoms with Gasteiger partial charge in [-0.05, 0) is 15.9 Å². The lowest BCUT2D eigenvalue weighted by Gasteiger charge is -2.14. The van der Waals surface area contributed by atoms with E-state index in [1.807, 2.05) is 0 Å². The number of carbonyl (C=O) groups excluding carboxylic acids is 1. The van der Waals surface area contributed by atoms with Crippen LogP contribution in [-0.2, 0) is 6.18 Å². The maximum absolute atomic E-state index is 12.5. The Balaban J connectivity index is 3.56. The zero-order chi connectivity index (χ0) is 12.5. The van der Waals surface area contributed by atoms with Gasteiger partial charge < -0.3 is 0 Å². The van der Waals surface area contributed by atoms with E-state index in [2.05, 4.69) is 20.9 Å². The number of halogens is 6. The predicted octanol–water partition coefficient (Wildman–Crippen LogP) is 3.61. The number of rotatable bonds is 2. The van der Waals surface area contributed by atoms with Crippen molar-refractivity contribution in [1.29, 1.82) is 0 Å². The quantitative estimate of drug-likeness (QED) is 0.617. The Morgan fingerprint density at radius 2 is 1.94 bits per heavy atom. The van der Waals surface area contributed by atoms with Gasteiger partial charge in [-0.3, -0.25) is 9.78 Å². The van der Waals surface area contributed by atoms with Gasteiger partial charge in [-0.1, -0.05) is 0 Å². The first-order valence-corrected chi connectivity index (χ1v) is 4.57. The molecule has 1 aromatic heterocycles. The molecule has 0 spiro atoms. The number of pyridine rings is 1. The highest BCUT2D eigenvalue weighted by atomic mass is 79.9. The van der Waals surface area contributed by atoms with E-state index in [4.69, 9.17) is 0 Å². The third-order valence-electron chi connectivity index (χ3n) is 1.71. The maximum atomic E-state index is 12.5. The highest BCUT2D eigenvalue weighted by Crippen LogP contribution is 2.41. The summed E-state index contributed by atoms with van der Waals surface area (Å²) in [6.07, 6.45) is -7.90. The van der Waals surface area contributed by atoms with Crippen LogP contribution in [0.25, 0.3) is 0 Å². The van der Waals surface area contributed by atoms with Crippen molar-refractivity contribution in [3.05, 3.63) is 27.5 Å². The molecular weight excluding hydrogens is 301 g/mol. The fourth-order valence-electron chi connectivity index (χ4n) is 1.05. The molecule has 16 heavy (non-hydrogen) atoms. The molecule has 0 saturated heterocycles. The first-order chi connectivity index (χ1) is 7.29. The lowest BCUT2D eigenvalue weighted by atomic mass is 10.1. The molecule has 0 bridgehead atoms. The van der Waals surface area contributed by atoms with Gasteiger partial charge in [0.15, 0.2) is 6.29 Å². The number of aldehydes is 1. The van der Waals surface area contributed by atoms with Gasteiger partial charge in [0.1, 0.15) is 5.69 Å². The van der Waals surface area contributed by atoms with Gasteiger partial charge >= 0.3 is 6.18 Å². The van der Waals surface area contributed by atoms with Gasteiger partial charge in [-0.15, -0.1) is 0 Å². The van der Waals surface area contributed by atoms with Gasteiger partial charge in [-0.25, -0.2) is 8.78 Å². The minimum absolute atomic E-state index is 0.0502. The van der Waals surface area contributed by atoms with Crippen LogP contribution in [0.3, 0.4) is 0 Å². The fraction of sp³-hybridized carbons (Fsp3) is 0.250. The van der Waals surface area contributed by atoms with Crippen molar-refractivity contribution in [2.75, 3.05) is 0 Å². The minimum Gasteiger partial charge on any atom is -0.296 e. The molecule has 0 aliphatic heterocycles. The maximum Gasteiger partial charge on any atom is 0.418 e. The topological polar surface area (TPSA) is 30.0 Å². The molecule has 0 N–H and O–H groups in total. The van der Waals surface area contributed by atoms with Crippen LogP contribution in [-0.4, -0.2) is 11.3 Å². The van der Waals surface area contributed by atoms with Crippen molar-refractivity contribution < 1.29 is 26.7 Å². The summed E-state index contributed by atoms with van der Waals surface area (Å²) in [5.41, 5.74) is -3.40. The second-order valence-electron chi connectivity index (χ2n) is 2.70. The Morgan fingerprint density at radius 1 is 1.38 bits per heavy atom. The van der Waals surface area contributed by atoms with Gasteiger partial charge in [0.25, 0.3) is 6.43 Å². The third-order valence-corrected chi connectivity index (χ3v) is 2.51. The summed E-state index contributed by atoms with van der Waals surface area (Å²) >= 11 is 2.45. The first-order valence-electron chi connectivity index (χ1n) is 3.78. The summed E-state index contributed by atoms with van der Waals surface area (Å²) in [6, 6.07) is 0. The largest absolute Gasteiger partial charge is 0.418 e. The molecule has 0 unspecified atom stereocenters. The number of hydrogen-bond donors (Lipinski definition) is 0. The normalized spacial score (nSPS) is 11.9. The number of carbonyl (C=O) groups is 1. The second kappa shape index (κ2) is 4.44. The molecule has 0 radical (unpaired) electrons. The van der Waals surface area contributed by atoms with Gasteiger partial charge in [0.2, 0.25) is 0 Å². The lowest BCUT2D eigenvalue weighted by molar-refractivity contribution is -0.140. The predicted molar refractivity (Wildman–Crippen MR) is 47.3 cm³/mol. The first kappa shape index (κ1) is 13.0. The number of nitrogens with zero attached hydrogens (tertiary/aromatic N) is 1. The molecule has 0 aromatic carbocycles. The summed E-state index contributed by atoms with van der Waals surface area (Å²) in [5, 5.41) is 0. The molecule has 0 atom stereocenters. The van der Waals surface area contributed by atoms with Crippen LogP contribution < -0.4 is 0 Å². The molecular formula is C8H3BrF5NO. The summed E-state index contributed by atoms with van der Waals surface area (Å²) in [5.74, 6) is 0. The molecule has 0 amide bonds. The van der Waals surface area contributed by atoms with E-state index in [1.165, 1.54) is 0 Å². The summed E-state index contributed by atoms with van der Waals surface area (Å²) in [6.45, 7) is 0. The highest BCUT2D eigenvalue weighted by Gasteiger charge is 2.39. The van der Waals surface area contributed by atoms with Crippen molar-refractivity contribution in [2.24, 2.45) is 0 Å². The fourth-order valence-corrected chi connectivity index (χ4v) is 1.70. The van der Waals surface area contributed by atoms with Gasteiger partial charge in [0.05, 0.1) is 10.0 Å². The lowest BCUT2D eigenvalue weighted by Crippen LogP contribution is -2.13. The van der Waals surface area contributed by atoms with Crippen LogP contribution in [0.5, 0.6) is 0 Å². The van der Waals surface area contributed by atoms with E-state index in [0.717, 1.165) is 0 Å². The Morgan fingerprint density at radius 3 is 2.31 bits per heavy atom. The average molecular weight is 304 g/mol. The molecule has 0 saturated carbocycles. The van der Waals surface area contributed by atoms with E-state index in [1.54, 1.807) is 0 Å².